The maximum atomic E-state index is 11.4. The van der Waals surface area contributed by atoms with E-state index in [1.807, 2.05) is 24.3 Å². The fraction of sp³-hybridized carbons (Fsp3) is 0.400. The van der Waals surface area contributed by atoms with Gasteiger partial charge >= 0.3 is 5.97 Å². The number of ether oxygens (including phenoxy) is 1. The zero-order valence-corrected chi connectivity index (χ0v) is 10.2. The van der Waals surface area contributed by atoms with E-state index < -0.39 is 5.97 Å². The Labute approximate surface area is 106 Å². The maximum Gasteiger partial charge on any atom is 0.307 e. The number of hydrogen-bond acceptors (Lipinski definition) is 2. The van der Waals surface area contributed by atoms with E-state index >= 15 is 0 Å². The minimum Gasteiger partial charge on any atom is -0.497 e. The fourth-order valence-corrected chi connectivity index (χ4v) is 3.44. The molecule has 0 heterocycles. The number of benzene rings is 1. The average molecular weight is 244 g/mol. The summed E-state index contributed by atoms with van der Waals surface area (Å²) in [6.45, 7) is 0. The maximum absolute atomic E-state index is 11.4. The molecule has 2 aliphatic carbocycles. The monoisotopic (exact) mass is 244 g/mol. The number of carboxylic acids is 1. The highest BCUT2D eigenvalue weighted by Gasteiger charge is 2.48. The number of carboxylic acid groups (broad SMARTS) is 1. The van der Waals surface area contributed by atoms with Gasteiger partial charge in [0.15, 0.2) is 0 Å². The Morgan fingerprint density at radius 2 is 1.89 bits per heavy atom. The zero-order valence-electron chi connectivity index (χ0n) is 10.2. The predicted molar refractivity (Wildman–Crippen MR) is 67.6 cm³/mol. The molecule has 0 saturated heterocycles. The number of fused-ring (bicyclic) bond motifs is 2. The number of aliphatic carboxylic acids is 1. The molecule has 18 heavy (non-hydrogen) atoms. The second kappa shape index (κ2) is 4.16. The lowest BCUT2D eigenvalue weighted by Crippen LogP contribution is -2.25. The Morgan fingerprint density at radius 1 is 1.22 bits per heavy atom. The first kappa shape index (κ1) is 11.3. The van der Waals surface area contributed by atoms with Crippen LogP contribution in [0.25, 0.3) is 0 Å². The molecule has 1 fully saturated rings. The van der Waals surface area contributed by atoms with Crippen molar-refractivity contribution in [2.75, 3.05) is 7.11 Å². The van der Waals surface area contributed by atoms with E-state index in [1.165, 1.54) is 0 Å². The largest absolute Gasteiger partial charge is 0.497 e. The molecular weight excluding hydrogens is 228 g/mol. The van der Waals surface area contributed by atoms with Gasteiger partial charge in [-0.25, -0.2) is 0 Å². The molecule has 0 radical (unpaired) electrons. The van der Waals surface area contributed by atoms with Gasteiger partial charge in [-0.3, -0.25) is 4.79 Å². The minimum atomic E-state index is -0.673. The highest BCUT2D eigenvalue weighted by atomic mass is 16.5. The van der Waals surface area contributed by atoms with E-state index in [0.29, 0.717) is 5.92 Å². The molecule has 2 aliphatic rings. The van der Waals surface area contributed by atoms with Crippen LogP contribution in [0.2, 0.25) is 0 Å². The Hall–Kier alpha value is -1.77. The summed E-state index contributed by atoms with van der Waals surface area (Å²) in [7, 11) is 1.63. The summed E-state index contributed by atoms with van der Waals surface area (Å²) in [5.74, 6) is 0.567. The van der Waals surface area contributed by atoms with E-state index in [-0.39, 0.29) is 17.8 Å². The third-order valence-corrected chi connectivity index (χ3v) is 4.25. The molecule has 3 nitrogen and oxygen atoms in total. The van der Waals surface area contributed by atoms with E-state index in [2.05, 4.69) is 12.2 Å². The number of rotatable bonds is 3. The smallest absolute Gasteiger partial charge is 0.307 e. The van der Waals surface area contributed by atoms with Gasteiger partial charge in [0.1, 0.15) is 5.75 Å². The molecule has 0 aromatic heterocycles. The highest BCUT2D eigenvalue weighted by Crippen LogP contribution is 2.53. The molecule has 94 valence electrons. The van der Waals surface area contributed by atoms with Crippen molar-refractivity contribution in [2.24, 2.45) is 17.8 Å². The SMILES string of the molecule is COc1ccc([C@H]2[C@@H](C(=O)O)[C@H]3C=C[C@H]2C3)cc1. The van der Waals surface area contributed by atoms with Crippen LogP contribution in [0.4, 0.5) is 0 Å². The van der Waals surface area contributed by atoms with Gasteiger partial charge in [-0.1, -0.05) is 24.3 Å². The van der Waals surface area contributed by atoms with Gasteiger partial charge in [-0.15, -0.1) is 0 Å². The van der Waals surface area contributed by atoms with Crippen molar-refractivity contribution in [3.05, 3.63) is 42.0 Å². The van der Waals surface area contributed by atoms with Crippen molar-refractivity contribution < 1.29 is 14.6 Å². The van der Waals surface area contributed by atoms with E-state index in [9.17, 15) is 9.90 Å². The quantitative estimate of drug-likeness (QED) is 0.831. The van der Waals surface area contributed by atoms with Crippen LogP contribution in [0, 0.1) is 17.8 Å². The lowest BCUT2D eigenvalue weighted by molar-refractivity contribution is -0.143. The Balaban J connectivity index is 1.94. The van der Waals surface area contributed by atoms with E-state index in [1.54, 1.807) is 7.11 Å². The van der Waals surface area contributed by atoms with Gasteiger partial charge in [0.2, 0.25) is 0 Å². The molecule has 4 atom stereocenters. The van der Waals surface area contributed by atoms with Crippen LogP contribution >= 0.6 is 0 Å². The fourth-order valence-electron chi connectivity index (χ4n) is 3.44. The van der Waals surface area contributed by atoms with Crippen molar-refractivity contribution in [3.8, 4) is 5.75 Å². The minimum absolute atomic E-state index is 0.114. The van der Waals surface area contributed by atoms with Crippen LogP contribution < -0.4 is 4.74 Å². The first-order valence-electron chi connectivity index (χ1n) is 6.26. The molecule has 0 amide bonds. The molecule has 1 saturated carbocycles. The normalized spacial score (nSPS) is 32.7. The summed E-state index contributed by atoms with van der Waals surface area (Å²) in [5.41, 5.74) is 1.11. The summed E-state index contributed by atoms with van der Waals surface area (Å²) in [6, 6.07) is 7.80. The first-order valence-corrected chi connectivity index (χ1v) is 6.26. The van der Waals surface area contributed by atoms with Crippen molar-refractivity contribution in [1.29, 1.82) is 0 Å². The second-order valence-electron chi connectivity index (χ2n) is 5.11. The molecular formula is C15H16O3. The molecule has 0 spiro atoms. The molecule has 0 aliphatic heterocycles. The highest BCUT2D eigenvalue weighted by molar-refractivity contribution is 5.73. The van der Waals surface area contributed by atoms with Crippen molar-refractivity contribution >= 4 is 5.97 Å². The van der Waals surface area contributed by atoms with Gasteiger partial charge < -0.3 is 9.84 Å². The van der Waals surface area contributed by atoms with Crippen molar-refractivity contribution in [2.45, 2.75) is 12.3 Å². The Bertz CT molecular complexity index is 489. The summed E-state index contributed by atoms with van der Waals surface area (Å²) >= 11 is 0. The van der Waals surface area contributed by atoms with Gasteiger partial charge in [0.25, 0.3) is 0 Å². The summed E-state index contributed by atoms with van der Waals surface area (Å²) in [6.07, 6.45) is 5.23. The number of allylic oxidation sites excluding steroid dienone is 2. The molecule has 1 aromatic carbocycles. The topological polar surface area (TPSA) is 46.5 Å². The molecule has 2 bridgehead atoms. The van der Waals surface area contributed by atoms with Crippen LogP contribution in [0.3, 0.4) is 0 Å². The standard InChI is InChI=1S/C15H16O3/c1-18-12-6-4-9(5-7-12)13-10-2-3-11(8-10)14(13)15(16)17/h2-7,10-11,13-14H,8H2,1H3,(H,16,17)/t10-,11-,13+,14-/m0/s1. The number of methoxy groups -OCH3 is 1. The number of hydrogen-bond donors (Lipinski definition) is 1. The third-order valence-electron chi connectivity index (χ3n) is 4.25. The Kier molecular flexibility index (Phi) is 2.62. The lowest BCUT2D eigenvalue weighted by atomic mass is 9.78. The molecule has 0 unspecified atom stereocenters. The van der Waals surface area contributed by atoms with Crippen LogP contribution in [-0.2, 0) is 4.79 Å². The van der Waals surface area contributed by atoms with E-state index in [4.69, 9.17) is 4.74 Å². The van der Waals surface area contributed by atoms with Crippen molar-refractivity contribution in [1.82, 2.24) is 0 Å². The van der Waals surface area contributed by atoms with Crippen LogP contribution in [-0.4, -0.2) is 18.2 Å². The van der Waals surface area contributed by atoms with Gasteiger partial charge in [0.05, 0.1) is 13.0 Å². The van der Waals surface area contributed by atoms with Crippen molar-refractivity contribution in [3.63, 3.8) is 0 Å². The summed E-state index contributed by atoms with van der Waals surface area (Å²) < 4.78 is 5.14. The molecule has 3 heteroatoms. The van der Waals surface area contributed by atoms with Crippen LogP contribution in [0.5, 0.6) is 5.75 Å². The summed E-state index contributed by atoms with van der Waals surface area (Å²) in [5, 5.41) is 9.41. The number of carbonyl (C=O) groups is 1. The van der Waals surface area contributed by atoms with E-state index in [0.717, 1.165) is 17.7 Å². The average Bonchev–Trinajstić information content (AvgIpc) is 2.99. The van der Waals surface area contributed by atoms with Crippen LogP contribution in [0.1, 0.15) is 17.9 Å². The summed E-state index contributed by atoms with van der Waals surface area (Å²) in [4.78, 5) is 11.4. The van der Waals surface area contributed by atoms with Gasteiger partial charge in [-0.05, 0) is 36.0 Å². The second-order valence-corrected chi connectivity index (χ2v) is 5.11. The first-order chi connectivity index (χ1) is 8.70. The lowest BCUT2D eigenvalue weighted by Gasteiger charge is -2.25. The molecule has 1 aromatic rings. The van der Waals surface area contributed by atoms with Gasteiger partial charge in [0, 0.05) is 5.92 Å². The van der Waals surface area contributed by atoms with Crippen LogP contribution in [0.15, 0.2) is 36.4 Å². The Morgan fingerprint density at radius 3 is 2.50 bits per heavy atom. The predicted octanol–water partition coefficient (Wildman–Crippen LogP) is 2.69. The zero-order chi connectivity index (χ0) is 12.7. The molecule has 3 rings (SSSR count). The van der Waals surface area contributed by atoms with Gasteiger partial charge in [-0.2, -0.15) is 0 Å². The molecule has 1 N–H and O–H groups in total. The third kappa shape index (κ3) is 1.62.